The number of benzene rings is 1. The molecule has 5 aromatic rings. The topological polar surface area (TPSA) is 76.8 Å². The van der Waals surface area contributed by atoms with Gasteiger partial charge in [0.2, 0.25) is 0 Å². The van der Waals surface area contributed by atoms with Crippen LogP contribution in [0.25, 0.3) is 37.2 Å². The predicted molar refractivity (Wildman–Crippen MR) is 106 cm³/mol. The van der Waals surface area contributed by atoms with Gasteiger partial charge in [-0.05, 0) is 24.3 Å². The average molecular weight is 380 g/mol. The molecule has 4 heterocycles. The molecule has 0 unspecified atom stereocenters. The van der Waals surface area contributed by atoms with Gasteiger partial charge in [0.15, 0.2) is 0 Å². The smallest absolute Gasteiger partial charge is 0.275 e. The van der Waals surface area contributed by atoms with Gasteiger partial charge in [0.25, 0.3) is 5.56 Å². The summed E-state index contributed by atoms with van der Waals surface area (Å²) < 4.78 is 10.6. The van der Waals surface area contributed by atoms with Crippen molar-refractivity contribution in [3.8, 4) is 5.69 Å². The Bertz CT molecular complexity index is 1350. The molecule has 0 amide bonds. The van der Waals surface area contributed by atoms with Crippen molar-refractivity contribution in [2.45, 2.75) is 0 Å². The first-order valence-electron chi connectivity index (χ1n) is 7.82. The number of hydrogen-bond acceptors (Lipinski definition) is 8. The number of pyridine rings is 1. The van der Waals surface area contributed by atoms with E-state index in [1.807, 2.05) is 43.3 Å². The van der Waals surface area contributed by atoms with Crippen LogP contribution in [0.1, 0.15) is 0 Å². The molecule has 0 N–H and O–H groups in total. The summed E-state index contributed by atoms with van der Waals surface area (Å²) in [5.41, 5.74) is 3.91. The van der Waals surface area contributed by atoms with E-state index in [1.54, 1.807) is 17.1 Å². The Kier molecular flexibility index (Phi) is 3.28. The fraction of sp³-hybridized carbons (Fsp3) is 0.118. The van der Waals surface area contributed by atoms with Crippen LogP contribution in [0.2, 0.25) is 0 Å². The second-order valence-corrected chi connectivity index (χ2v) is 7.57. The van der Waals surface area contributed by atoms with E-state index < -0.39 is 0 Å². The zero-order valence-corrected chi connectivity index (χ0v) is 15.5. The minimum Gasteiger partial charge on any atom is -0.377 e. The van der Waals surface area contributed by atoms with Crippen LogP contribution in [0.5, 0.6) is 0 Å². The SMILES string of the molecule is CN(C)c1ccnc2sc3c(=O)n(-c4ccc5nsnc5c4)cnc3c12. The van der Waals surface area contributed by atoms with Crippen LogP contribution in [0.3, 0.4) is 0 Å². The van der Waals surface area contributed by atoms with Crippen molar-refractivity contribution in [2.75, 3.05) is 19.0 Å². The maximum atomic E-state index is 13.1. The minimum absolute atomic E-state index is 0.106. The molecule has 128 valence electrons. The van der Waals surface area contributed by atoms with Gasteiger partial charge in [0, 0.05) is 20.3 Å². The fourth-order valence-corrected chi connectivity index (χ4v) is 4.58. The Morgan fingerprint density at radius 3 is 2.77 bits per heavy atom. The molecule has 26 heavy (non-hydrogen) atoms. The number of hydrogen-bond donors (Lipinski definition) is 0. The van der Waals surface area contributed by atoms with Crippen LogP contribution >= 0.6 is 23.1 Å². The lowest BCUT2D eigenvalue weighted by Crippen LogP contribution is -2.17. The van der Waals surface area contributed by atoms with Crippen LogP contribution in [0, 0.1) is 0 Å². The highest BCUT2D eigenvalue weighted by atomic mass is 32.1. The Morgan fingerprint density at radius 2 is 1.92 bits per heavy atom. The summed E-state index contributed by atoms with van der Waals surface area (Å²) >= 11 is 2.53. The zero-order chi connectivity index (χ0) is 17.8. The molecule has 0 spiro atoms. The van der Waals surface area contributed by atoms with Crippen molar-refractivity contribution in [1.82, 2.24) is 23.3 Å². The molecule has 0 atom stereocenters. The van der Waals surface area contributed by atoms with Crippen molar-refractivity contribution < 1.29 is 0 Å². The van der Waals surface area contributed by atoms with Crippen LogP contribution in [0.4, 0.5) is 5.69 Å². The Morgan fingerprint density at radius 1 is 1.08 bits per heavy atom. The van der Waals surface area contributed by atoms with Gasteiger partial charge in [-0.15, -0.1) is 11.3 Å². The molecule has 0 radical (unpaired) electrons. The average Bonchev–Trinajstić information content (AvgIpc) is 3.25. The number of rotatable bonds is 2. The highest BCUT2D eigenvalue weighted by Gasteiger charge is 2.17. The molecule has 0 aliphatic heterocycles. The van der Waals surface area contributed by atoms with Gasteiger partial charge < -0.3 is 4.90 Å². The normalized spacial score (nSPS) is 11.6. The molecule has 0 aliphatic carbocycles. The first-order chi connectivity index (χ1) is 12.6. The third-order valence-electron chi connectivity index (χ3n) is 4.26. The van der Waals surface area contributed by atoms with Gasteiger partial charge in [-0.25, -0.2) is 9.97 Å². The third-order valence-corrected chi connectivity index (χ3v) is 5.89. The Balaban J connectivity index is 1.81. The first kappa shape index (κ1) is 15.4. The maximum absolute atomic E-state index is 13.1. The van der Waals surface area contributed by atoms with Crippen molar-refractivity contribution in [2.24, 2.45) is 0 Å². The van der Waals surface area contributed by atoms with Crippen molar-refractivity contribution in [3.63, 3.8) is 0 Å². The quantitative estimate of drug-likeness (QED) is 0.468. The van der Waals surface area contributed by atoms with E-state index in [0.717, 1.165) is 44.4 Å². The predicted octanol–water partition coefficient (Wildman–Crippen LogP) is 3.07. The zero-order valence-electron chi connectivity index (χ0n) is 13.9. The third kappa shape index (κ3) is 2.14. The van der Waals surface area contributed by atoms with Gasteiger partial charge in [-0.2, -0.15) is 8.75 Å². The van der Waals surface area contributed by atoms with Crippen LogP contribution in [-0.4, -0.2) is 37.4 Å². The molecule has 0 saturated heterocycles. The lowest BCUT2D eigenvalue weighted by atomic mass is 10.2. The summed E-state index contributed by atoms with van der Waals surface area (Å²) in [5, 5.41) is 0.918. The summed E-state index contributed by atoms with van der Waals surface area (Å²) in [6.07, 6.45) is 3.33. The van der Waals surface area contributed by atoms with Gasteiger partial charge in [0.05, 0.1) is 34.0 Å². The minimum atomic E-state index is -0.106. The molecule has 1 aromatic carbocycles. The van der Waals surface area contributed by atoms with E-state index >= 15 is 0 Å². The lowest BCUT2D eigenvalue weighted by Gasteiger charge is -2.13. The van der Waals surface area contributed by atoms with Crippen LogP contribution < -0.4 is 10.5 Å². The van der Waals surface area contributed by atoms with Crippen molar-refractivity contribution >= 4 is 60.2 Å². The second-order valence-electron chi connectivity index (χ2n) is 6.04. The fourth-order valence-electron chi connectivity index (χ4n) is 3.01. The molecule has 4 aromatic heterocycles. The number of nitrogens with zero attached hydrogens (tertiary/aromatic N) is 6. The summed E-state index contributed by atoms with van der Waals surface area (Å²) in [5.74, 6) is 0. The molecular formula is C17H12N6OS2. The van der Waals surface area contributed by atoms with E-state index in [1.165, 1.54) is 11.3 Å². The highest BCUT2D eigenvalue weighted by molar-refractivity contribution is 7.25. The first-order valence-corrected chi connectivity index (χ1v) is 9.37. The van der Waals surface area contributed by atoms with E-state index in [9.17, 15) is 4.79 Å². The molecule has 5 rings (SSSR count). The van der Waals surface area contributed by atoms with Gasteiger partial charge >= 0.3 is 0 Å². The monoisotopic (exact) mass is 380 g/mol. The molecule has 0 bridgehead atoms. The Labute approximate surface area is 155 Å². The second kappa shape index (κ2) is 5.55. The summed E-state index contributed by atoms with van der Waals surface area (Å²) in [6, 6.07) is 7.51. The summed E-state index contributed by atoms with van der Waals surface area (Å²) in [6.45, 7) is 0. The Hall–Kier alpha value is -2.91. The molecule has 0 saturated carbocycles. The number of thiophene rings is 1. The highest BCUT2D eigenvalue weighted by Crippen LogP contribution is 2.35. The van der Waals surface area contributed by atoms with Crippen LogP contribution in [0.15, 0.2) is 41.6 Å². The van der Waals surface area contributed by atoms with Crippen molar-refractivity contribution in [1.29, 1.82) is 0 Å². The number of anilines is 1. The number of aromatic nitrogens is 5. The van der Waals surface area contributed by atoms with E-state index in [4.69, 9.17) is 0 Å². The van der Waals surface area contributed by atoms with Gasteiger partial charge in [-0.1, -0.05) is 0 Å². The molecule has 7 nitrogen and oxygen atoms in total. The van der Waals surface area contributed by atoms with E-state index in [2.05, 4.69) is 18.7 Å². The van der Waals surface area contributed by atoms with Crippen LogP contribution in [-0.2, 0) is 0 Å². The molecule has 0 fully saturated rings. The molecule has 0 aliphatic rings. The standard InChI is InChI=1S/C17H12N6OS2/c1-22(2)12-5-6-18-16-13(12)14-15(25-16)17(24)23(8-19-14)9-3-4-10-11(7-9)21-26-20-10/h3-8H,1-2H3. The maximum Gasteiger partial charge on any atom is 0.275 e. The molecule has 9 heteroatoms. The summed E-state index contributed by atoms with van der Waals surface area (Å²) in [4.78, 5) is 24.9. The van der Waals surface area contributed by atoms with E-state index in [-0.39, 0.29) is 5.56 Å². The largest absolute Gasteiger partial charge is 0.377 e. The molecular weight excluding hydrogens is 368 g/mol. The number of fused-ring (bicyclic) bond motifs is 4. The van der Waals surface area contributed by atoms with Gasteiger partial charge in [0.1, 0.15) is 26.9 Å². The van der Waals surface area contributed by atoms with Gasteiger partial charge in [-0.3, -0.25) is 9.36 Å². The lowest BCUT2D eigenvalue weighted by molar-refractivity contribution is 0.969. The van der Waals surface area contributed by atoms with E-state index in [0.29, 0.717) is 10.2 Å². The van der Waals surface area contributed by atoms with Crippen molar-refractivity contribution in [3.05, 3.63) is 47.1 Å². The summed E-state index contributed by atoms with van der Waals surface area (Å²) in [7, 11) is 3.94.